The molecule has 1 heterocycles. The molecule has 3 heteroatoms. The van der Waals surface area contributed by atoms with Gasteiger partial charge in [0.05, 0.1) is 0 Å². The Morgan fingerprint density at radius 2 is 1.59 bits per heavy atom. The second-order valence-corrected chi connectivity index (χ2v) is 6.15. The summed E-state index contributed by atoms with van der Waals surface area (Å²) in [6.45, 7) is 5.96. The van der Waals surface area contributed by atoms with E-state index >= 15 is 0 Å². The Morgan fingerprint density at radius 3 is 2.12 bits per heavy atom. The molecule has 3 nitrogen and oxygen atoms in total. The lowest BCUT2D eigenvalue weighted by molar-refractivity contribution is 0.0700. The molecular formula is C14H27N3. The van der Waals surface area contributed by atoms with Crippen LogP contribution in [0.5, 0.6) is 0 Å². The summed E-state index contributed by atoms with van der Waals surface area (Å²) < 4.78 is 0. The zero-order chi connectivity index (χ0) is 11.7. The quantitative estimate of drug-likeness (QED) is 0.799. The highest BCUT2D eigenvalue weighted by Crippen LogP contribution is 2.32. The number of piperazine rings is 1. The van der Waals surface area contributed by atoms with Crippen LogP contribution in [-0.2, 0) is 0 Å². The van der Waals surface area contributed by atoms with E-state index in [0.29, 0.717) is 6.04 Å². The van der Waals surface area contributed by atoms with Gasteiger partial charge >= 0.3 is 0 Å². The highest BCUT2D eigenvalue weighted by Gasteiger charge is 2.35. The van der Waals surface area contributed by atoms with Crippen LogP contribution in [0.4, 0.5) is 0 Å². The van der Waals surface area contributed by atoms with E-state index in [2.05, 4.69) is 9.80 Å². The van der Waals surface area contributed by atoms with Crippen LogP contribution in [0.25, 0.3) is 0 Å². The molecule has 0 amide bonds. The lowest BCUT2D eigenvalue weighted by atomic mass is 9.96. The zero-order valence-electron chi connectivity index (χ0n) is 11.0. The van der Waals surface area contributed by atoms with Crippen LogP contribution in [0.15, 0.2) is 0 Å². The van der Waals surface area contributed by atoms with Crippen molar-refractivity contribution in [2.75, 3.05) is 32.7 Å². The fourth-order valence-corrected chi connectivity index (χ4v) is 3.86. The molecule has 2 aliphatic carbocycles. The van der Waals surface area contributed by atoms with Crippen molar-refractivity contribution >= 4 is 0 Å². The van der Waals surface area contributed by atoms with Crippen molar-refractivity contribution in [3.8, 4) is 0 Å². The minimum atomic E-state index is 0.679. The van der Waals surface area contributed by atoms with Gasteiger partial charge in [0.15, 0.2) is 0 Å². The third-order valence-electron chi connectivity index (χ3n) is 5.07. The smallest absolute Gasteiger partial charge is 0.0247 e. The Bertz CT molecular complexity index is 238. The topological polar surface area (TPSA) is 32.5 Å². The van der Waals surface area contributed by atoms with Gasteiger partial charge in [0.1, 0.15) is 0 Å². The summed E-state index contributed by atoms with van der Waals surface area (Å²) >= 11 is 0. The first-order valence-corrected chi connectivity index (χ1v) is 7.56. The number of hydrogen-bond donors (Lipinski definition) is 1. The van der Waals surface area contributed by atoms with Gasteiger partial charge in [0.2, 0.25) is 0 Å². The van der Waals surface area contributed by atoms with Crippen molar-refractivity contribution in [1.29, 1.82) is 0 Å². The molecule has 0 radical (unpaired) electrons. The van der Waals surface area contributed by atoms with E-state index in [9.17, 15) is 0 Å². The minimum absolute atomic E-state index is 0.679. The van der Waals surface area contributed by atoms with Gasteiger partial charge in [-0.2, -0.15) is 0 Å². The molecule has 3 rings (SSSR count). The highest BCUT2D eigenvalue weighted by atomic mass is 15.3. The first kappa shape index (κ1) is 11.9. The van der Waals surface area contributed by atoms with Crippen molar-refractivity contribution < 1.29 is 0 Å². The molecule has 2 saturated carbocycles. The largest absolute Gasteiger partial charge is 0.329 e. The number of nitrogens with two attached hydrogens (primary N) is 1. The van der Waals surface area contributed by atoms with Crippen molar-refractivity contribution in [1.82, 2.24) is 9.80 Å². The summed E-state index contributed by atoms with van der Waals surface area (Å²) in [5, 5.41) is 0. The molecule has 1 atom stereocenters. The molecular weight excluding hydrogens is 210 g/mol. The van der Waals surface area contributed by atoms with Crippen molar-refractivity contribution in [3.63, 3.8) is 0 Å². The van der Waals surface area contributed by atoms with Gasteiger partial charge < -0.3 is 5.73 Å². The van der Waals surface area contributed by atoms with Crippen molar-refractivity contribution in [2.24, 2.45) is 11.7 Å². The summed E-state index contributed by atoms with van der Waals surface area (Å²) in [6.07, 6.45) is 8.60. The normalized spacial score (nSPS) is 30.9. The van der Waals surface area contributed by atoms with E-state index in [1.807, 2.05) is 0 Å². The maximum Gasteiger partial charge on any atom is 0.0247 e. The molecule has 1 unspecified atom stereocenters. The van der Waals surface area contributed by atoms with E-state index in [1.54, 1.807) is 0 Å². The number of hydrogen-bond acceptors (Lipinski definition) is 3. The van der Waals surface area contributed by atoms with E-state index < -0.39 is 0 Å². The average Bonchev–Trinajstić information content (AvgIpc) is 3.09. The van der Waals surface area contributed by atoms with Gasteiger partial charge in [-0.3, -0.25) is 9.80 Å². The van der Waals surface area contributed by atoms with Crippen molar-refractivity contribution in [2.45, 2.75) is 50.6 Å². The van der Waals surface area contributed by atoms with E-state index in [4.69, 9.17) is 5.73 Å². The Labute approximate surface area is 105 Å². The zero-order valence-corrected chi connectivity index (χ0v) is 11.0. The van der Waals surface area contributed by atoms with Gasteiger partial charge in [-0.15, -0.1) is 0 Å². The van der Waals surface area contributed by atoms with Crippen LogP contribution >= 0.6 is 0 Å². The van der Waals surface area contributed by atoms with Crippen LogP contribution in [0.1, 0.15) is 38.5 Å². The predicted molar refractivity (Wildman–Crippen MR) is 71.0 cm³/mol. The first-order chi connectivity index (χ1) is 8.38. The molecule has 0 aromatic rings. The molecule has 0 aromatic carbocycles. The summed E-state index contributed by atoms with van der Waals surface area (Å²) in [5.74, 6) is 0.896. The van der Waals surface area contributed by atoms with Gasteiger partial charge in [0.25, 0.3) is 0 Å². The molecule has 1 aliphatic heterocycles. The molecule has 2 N–H and O–H groups in total. The van der Waals surface area contributed by atoms with Crippen LogP contribution in [0, 0.1) is 5.92 Å². The average molecular weight is 237 g/mol. The SMILES string of the molecule is NCC(C1CCCC1)N1CCN(C2CC2)CC1. The number of nitrogens with zero attached hydrogens (tertiary/aromatic N) is 2. The van der Waals surface area contributed by atoms with Gasteiger partial charge in [-0.05, 0) is 31.6 Å². The Morgan fingerprint density at radius 1 is 0.941 bits per heavy atom. The van der Waals surface area contributed by atoms with Gasteiger partial charge in [0, 0.05) is 44.8 Å². The summed E-state index contributed by atoms with van der Waals surface area (Å²) in [6, 6.07) is 1.62. The van der Waals surface area contributed by atoms with Crippen molar-refractivity contribution in [3.05, 3.63) is 0 Å². The standard InChI is InChI=1S/C14H27N3/c15-11-14(12-3-1-2-4-12)17-9-7-16(8-10-17)13-5-6-13/h12-14H,1-11,15H2. The van der Waals surface area contributed by atoms with Gasteiger partial charge in [-0.25, -0.2) is 0 Å². The molecule has 17 heavy (non-hydrogen) atoms. The molecule has 3 fully saturated rings. The second-order valence-electron chi connectivity index (χ2n) is 6.15. The Balaban J connectivity index is 1.52. The minimum Gasteiger partial charge on any atom is -0.329 e. The van der Waals surface area contributed by atoms with Crippen LogP contribution in [-0.4, -0.2) is 54.6 Å². The molecule has 98 valence electrons. The fourth-order valence-electron chi connectivity index (χ4n) is 3.86. The first-order valence-electron chi connectivity index (χ1n) is 7.56. The van der Waals surface area contributed by atoms with E-state index in [1.165, 1.54) is 64.7 Å². The van der Waals surface area contributed by atoms with E-state index in [0.717, 1.165) is 18.5 Å². The molecule has 0 bridgehead atoms. The van der Waals surface area contributed by atoms with Crippen LogP contribution in [0.3, 0.4) is 0 Å². The maximum atomic E-state index is 6.03. The van der Waals surface area contributed by atoms with E-state index in [-0.39, 0.29) is 0 Å². The second kappa shape index (κ2) is 5.25. The van der Waals surface area contributed by atoms with Gasteiger partial charge in [-0.1, -0.05) is 12.8 Å². The van der Waals surface area contributed by atoms with Crippen LogP contribution < -0.4 is 5.73 Å². The maximum absolute atomic E-state index is 6.03. The lowest BCUT2D eigenvalue weighted by Crippen LogP contribution is -2.54. The predicted octanol–water partition coefficient (Wildman–Crippen LogP) is 1.28. The molecule has 0 aromatic heterocycles. The fraction of sp³-hybridized carbons (Fsp3) is 1.00. The third-order valence-corrected chi connectivity index (χ3v) is 5.07. The highest BCUT2D eigenvalue weighted by molar-refractivity contribution is 4.91. The summed E-state index contributed by atoms with van der Waals surface area (Å²) in [4.78, 5) is 5.38. The summed E-state index contributed by atoms with van der Waals surface area (Å²) in [5.41, 5.74) is 6.03. The Kier molecular flexibility index (Phi) is 3.69. The Hall–Kier alpha value is -0.120. The van der Waals surface area contributed by atoms with Crippen LogP contribution in [0.2, 0.25) is 0 Å². The summed E-state index contributed by atoms with van der Waals surface area (Å²) in [7, 11) is 0. The molecule has 3 aliphatic rings. The lowest BCUT2D eigenvalue weighted by Gasteiger charge is -2.41. The number of rotatable bonds is 4. The monoisotopic (exact) mass is 237 g/mol. The molecule has 1 saturated heterocycles. The third kappa shape index (κ3) is 2.67. The molecule has 0 spiro atoms.